The molecule has 1 amide bonds. The van der Waals surface area contributed by atoms with Gasteiger partial charge in [-0.15, -0.1) is 0 Å². The number of carbonyl (C=O) groups excluding carboxylic acids is 1. The lowest BCUT2D eigenvalue weighted by atomic mass is 9.95. The smallest absolute Gasteiger partial charge is 0.282 e. The molecule has 1 aromatic carbocycles. The second kappa shape index (κ2) is 5.38. The molecule has 2 rings (SSSR count). The van der Waals surface area contributed by atoms with Crippen molar-refractivity contribution in [1.82, 2.24) is 5.32 Å². The molecule has 3 N–H and O–H groups in total. The van der Waals surface area contributed by atoms with Crippen LogP contribution in [0.2, 0.25) is 5.02 Å². The number of hydrogen-bond donors (Lipinski definition) is 2. The normalized spacial score (nSPS) is 17.4. The molecule has 0 radical (unpaired) electrons. The number of amides is 1. The highest BCUT2D eigenvalue weighted by molar-refractivity contribution is 6.31. The molecule has 0 spiro atoms. The highest BCUT2D eigenvalue weighted by Crippen LogP contribution is 2.39. The average Bonchev–Trinajstić information content (AvgIpc) is 3.22. The minimum absolute atomic E-state index is 0.0391. The third-order valence-corrected chi connectivity index (χ3v) is 3.94. The number of nitro groups is 1. The lowest BCUT2D eigenvalue weighted by Crippen LogP contribution is -2.53. The first-order valence-corrected chi connectivity index (χ1v) is 6.71. The Balaban J connectivity index is 2.28. The first-order valence-electron chi connectivity index (χ1n) is 6.34. The SMILES string of the molecule is CC(CN)(NC(=O)c1cc(Cl)ccc1[N+](=O)[O-])C1CC1. The van der Waals surface area contributed by atoms with Crippen molar-refractivity contribution in [2.75, 3.05) is 6.54 Å². The minimum atomic E-state index is -0.595. The topological polar surface area (TPSA) is 98.3 Å². The van der Waals surface area contributed by atoms with E-state index in [9.17, 15) is 14.9 Å². The van der Waals surface area contributed by atoms with Gasteiger partial charge in [-0.1, -0.05) is 11.6 Å². The van der Waals surface area contributed by atoms with E-state index in [2.05, 4.69) is 5.32 Å². The fourth-order valence-electron chi connectivity index (χ4n) is 2.22. The number of nitrogens with two attached hydrogens (primary N) is 1. The molecule has 1 aliphatic carbocycles. The third-order valence-electron chi connectivity index (χ3n) is 3.70. The van der Waals surface area contributed by atoms with Gasteiger partial charge in [0.2, 0.25) is 0 Å². The zero-order valence-electron chi connectivity index (χ0n) is 11.1. The molecule has 0 heterocycles. The van der Waals surface area contributed by atoms with E-state index in [1.54, 1.807) is 0 Å². The van der Waals surface area contributed by atoms with Crippen LogP contribution in [0.15, 0.2) is 18.2 Å². The maximum Gasteiger partial charge on any atom is 0.282 e. The second-order valence-corrected chi connectivity index (χ2v) is 5.71. The van der Waals surface area contributed by atoms with E-state index in [1.165, 1.54) is 18.2 Å². The molecule has 1 unspecified atom stereocenters. The van der Waals surface area contributed by atoms with Crippen LogP contribution in [0.5, 0.6) is 0 Å². The van der Waals surface area contributed by atoms with Crippen molar-refractivity contribution in [1.29, 1.82) is 0 Å². The first-order chi connectivity index (χ1) is 9.37. The summed E-state index contributed by atoms with van der Waals surface area (Å²) in [6.07, 6.45) is 2.01. The number of hydrogen-bond acceptors (Lipinski definition) is 4. The monoisotopic (exact) mass is 297 g/mol. The van der Waals surface area contributed by atoms with Crippen LogP contribution >= 0.6 is 11.6 Å². The molecule has 0 aromatic heterocycles. The molecule has 108 valence electrons. The Hall–Kier alpha value is -1.66. The number of nitrogens with zero attached hydrogens (tertiary/aromatic N) is 1. The number of benzene rings is 1. The molecule has 1 aliphatic rings. The number of nitro benzene ring substituents is 1. The summed E-state index contributed by atoms with van der Waals surface area (Å²) in [5.41, 5.74) is 4.89. The molecule has 20 heavy (non-hydrogen) atoms. The van der Waals surface area contributed by atoms with Crippen LogP contribution in [0.25, 0.3) is 0 Å². The largest absolute Gasteiger partial charge is 0.345 e. The Kier molecular flexibility index (Phi) is 3.96. The van der Waals surface area contributed by atoms with Gasteiger partial charge in [0.15, 0.2) is 0 Å². The van der Waals surface area contributed by atoms with Crippen molar-refractivity contribution in [3.05, 3.63) is 38.9 Å². The van der Waals surface area contributed by atoms with Gasteiger partial charge in [-0.3, -0.25) is 14.9 Å². The lowest BCUT2D eigenvalue weighted by molar-refractivity contribution is -0.385. The van der Waals surface area contributed by atoms with Crippen molar-refractivity contribution < 1.29 is 9.72 Å². The maximum absolute atomic E-state index is 12.3. The molecule has 1 aromatic rings. The van der Waals surface area contributed by atoms with Gasteiger partial charge in [0.05, 0.1) is 10.5 Å². The van der Waals surface area contributed by atoms with Crippen molar-refractivity contribution in [2.45, 2.75) is 25.3 Å². The highest BCUT2D eigenvalue weighted by Gasteiger charge is 2.42. The van der Waals surface area contributed by atoms with Gasteiger partial charge in [-0.2, -0.15) is 0 Å². The summed E-state index contributed by atoms with van der Waals surface area (Å²) in [6.45, 7) is 2.15. The van der Waals surface area contributed by atoms with Crippen molar-refractivity contribution in [2.24, 2.45) is 11.7 Å². The van der Waals surface area contributed by atoms with E-state index in [0.717, 1.165) is 12.8 Å². The number of nitrogens with one attached hydrogen (secondary N) is 1. The average molecular weight is 298 g/mol. The molecule has 1 saturated carbocycles. The standard InChI is InChI=1S/C13H16ClN3O3/c1-13(7-15,8-2-3-8)16-12(18)10-6-9(14)4-5-11(10)17(19)20/h4-6,8H,2-3,7,15H2,1H3,(H,16,18). The van der Waals surface area contributed by atoms with Gasteiger partial charge in [0.1, 0.15) is 5.56 Å². The summed E-state index contributed by atoms with van der Waals surface area (Å²) < 4.78 is 0. The Morgan fingerprint density at radius 1 is 1.60 bits per heavy atom. The Bertz CT molecular complexity index is 560. The molecular formula is C13H16ClN3O3. The van der Waals surface area contributed by atoms with Gasteiger partial charge < -0.3 is 11.1 Å². The molecule has 1 atom stereocenters. The molecule has 0 aliphatic heterocycles. The Morgan fingerprint density at radius 3 is 2.75 bits per heavy atom. The van der Waals surface area contributed by atoms with E-state index in [0.29, 0.717) is 5.92 Å². The number of halogens is 1. The Morgan fingerprint density at radius 2 is 2.25 bits per heavy atom. The number of carbonyl (C=O) groups is 1. The predicted molar refractivity (Wildman–Crippen MR) is 75.8 cm³/mol. The molecule has 0 saturated heterocycles. The summed E-state index contributed by atoms with van der Waals surface area (Å²) >= 11 is 5.82. The van der Waals surface area contributed by atoms with E-state index in [1.807, 2.05) is 6.92 Å². The van der Waals surface area contributed by atoms with Gasteiger partial charge in [0.25, 0.3) is 11.6 Å². The first kappa shape index (κ1) is 14.7. The van der Waals surface area contributed by atoms with Crippen LogP contribution in [0.3, 0.4) is 0 Å². The van der Waals surface area contributed by atoms with E-state index >= 15 is 0 Å². The van der Waals surface area contributed by atoms with Crippen LogP contribution in [0.4, 0.5) is 5.69 Å². The van der Waals surface area contributed by atoms with Crippen LogP contribution in [-0.2, 0) is 0 Å². The van der Waals surface area contributed by atoms with E-state index in [-0.39, 0.29) is 22.8 Å². The summed E-state index contributed by atoms with van der Waals surface area (Å²) in [5.74, 6) is -0.186. The molecular weight excluding hydrogens is 282 g/mol. The van der Waals surface area contributed by atoms with Crippen LogP contribution in [0, 0.1) is 16.0 Å². The van der Waals surface area contributed by atoms with Gasteiger partial charge in [-0.25, -0.2) is 0 Å². The number of rotatable bonds is 5. The van der Waals surface area contributed by atoms with Crippen LogP contribution < -0.4 is 11.1 Å². The summed E-state index contributed by atoms with van der Waals surface area (Å²) in [6, 6.07) is 3.92. The fraction of sp³-hybridized carbons (Fsp3) is 0.462. The molecule has 7 heteroatoms. The lowest BCUT2D eigenvalue weighted by Gasteiger charge is -2.29. The zero-order chi connectivity index (χ0) is 14.9. The highest BCUT2D eigenvalue weighted by atomic mass is 35.5. The maximum atomic E-state index is 12.3. The van der Waals surface area contributed by atoms with E-state index in [4.69, 9.17) is 17.3 Å². The Labute approximate surface area is 121 Å². The predicted octanol–water partition coefficient (Wildman–Crippen LogP) is 2.11. The molecule has 6 nitrogen and oxygen atoms in total. The quantitative estimate of drug-likeness (QED) is 0.642. The van der Waals surface area contributed by atoms with Crippen molar-refractivity contribution >= 4 is 23.2 Å². The van der Waals surface area contributed by atoms with Gasteiger partial charge in [-0.05, 0) is 37.8 Å². The summed E-state index contributed by atoms with van der Waals surface area (Å²) in [7, 11) is 0. The van der Waals surface area contributed by atoms with Crippen molar-refractivity contribution in [3.8, 4) is 0 Å². The minimum Gasteiger partial charge on any atom is -0.345 e. The summed E-state index contributed by atoms with van der Waals surface area (Å²) in [5, 5.41) is 14.1. The van der Waals surface area contributed by atoms with Crippen molar-refractivity contribution in [3.63, 3.8) is 0 Å². The second-order valence-electron chi connectivity index (χ2n) is 5.27. The van der Waals surface area contributed by atoms with E-state index < -0.39 is 16.4 Å². The van der Waals surface area contributed by atoms with Gasteiger partial charge >= 0.3 is 0 Å². The fourth-order valence-corrected chi connectivity index (χ4v) is 2.39. The zero-order valence-corrected chi connectivity index (χ0v) is 11.8. The van der Waals surface area contributed by atoms with Gasteiger partial charge in [0, 0.05) is 17.6 Å². The van der Waals surface area contributed by atoms with Crippen LogP contribution in [-0.4, -0.2) is 22.9 Å². The molecule has 1 fully saturated rings. The summed E-state index contributed by atoms with van der Waals surface area (Å²) in [4.78, 5) is 22.7. The molecule has 0 bridgehead atoms. The third kappa shape index (κ3) is 2.91. The van der Waals surface area contributed by atoms with Crippen LogP contribution in [0.1, 0.15) is 30.1 Å².